The zero-order valence-electron chi connectivity index (χ0n) is 11.7. The van der Waals surface area contributed by atoms with E-state index in [1.807, 2.05) is 61.9 Å². The highest BCUT2D eigenvalue weighted by atomic mass is 16.5. The van der Waals surface area contributed by atoms with E-state index in [4.69, 9.17) is 10.5 Å². The third-order valence-electron chi connectivity index (χ3n) is 2.75. The SMILES string of the molecule is CC(C)(C)OCC(N)c1ccnn1-c1ccccc1. The number of nitrogens with zero attached hydrogens (tertiary/aromatic N) is 2. The first-order valence-electron chi connectivity index (χ1n) is 6.46. The van der Waals surface area contributed by atoms with Crippen LogP contribution in [-0.2, 0) is 4.74 Å². The molecule has 2 rings (SSSR count). The van der Waals surface area contributed by atoms with Gasteiger partial charge in [-0.25, -0.2) is 4.68 Å². The summed E-state index contributed by atoms with van der Waals surface area (Å²) in [6.07, 6.45) is 1.76. The highest BCUT2D eigenvalue weighted by Crippen LogP contribution is 2.18. The Morgan fingerprint density at radius 1 is 1.21 bits per heavy atom. The minimum absolute atomic E-state index is 0.185. The van der Waals surface area contributed by atoms with E-state index in [0.717, 1.165) is 11.4 Å². The van der Waals surface area contributed by atoms with Gasteiger partial charge < -0.3 is 10.5 Å². The van der Waals surface area contributed by atoms with Gasteiger partial charge in [0, 0.05) is 6.20 Å². The molecule has 4 heteroatoms. The van der Waals surface area contributed by atoms with Crippen molar-refractivity contribution in [3.05, 3.63) is 48.3 Å². The molecule has 19 heavy (non-hydrogen) atoms. The summed E-state index contributed by atoms with van der Waals surface area (Å²) in [5.74, 6) is 0. The van der Waals surface area contributed by atoms with E-state index in [1.54, 1.807) is 6.20 Å². The van der Waals surface area contributed by atoms with Crippen LogP contribution in [0.2, 0.25) is 0 Å². The standard InChI is InChI=1S/C15H21N3O/c1-15(2,3)19-11-13(16)14-9-10-17-18(14)12-7-5-4-6-8-12/h4-10,13H,11,16H2,1-3H3. The van der Waals surface area contributed by atoms with E-state index >= 15 is 0 Å². The van der Waals surface area contributed by atoms with Crippen molar-refractivity contribution < 1.29 is 4.74 Å². The monoisotopic (exact) mass is 259 g/mol. The predicted octanol–water partition coefficient (Wildman–Crippen LogP) is 2.69. The van der Waals surface area contributed by atoms with Crippen molar-refractivity contribution in [3.8, 4) is 5.69 Å². The maximum absolute atomic E-state index is 6.20. The fourth-order valence-electron chi connectivity index (χ4n) is 1.80. The molecule has 0 spiro atoms. The quantitative estimate of drug-likeness (QED) is 0.918. The molecule has 0 saturated carbocycles. The van der Waals surface area contributed by atoms with Crippen molar-refractivity contribution in [2.75, 3.05) is 6.61 Å². The molecule has 0 bridgehead atoms. The van der Waals surface area contributed by atoms with Gasteiger partial charge in [-0.1, -0.05) is 18.2 Å². The molecule has 4 nitrogen and oxygen atoms in total. The Bertz CT molecular complexity index is 514. The predicted molar refractivity (Wildman–Crippen MR) is 76.2 cm³/mol. The Hall–Kier alpha value is -1.65. The summed E-state index contributed by atoms with van der Waals surface area (Å²) in [6, 6.07) is 11.7. The Morgan fingerprint density at radius 2 is 1.89 bits per heavy atom. The topological polar surface area (TPSA) is 53.1 Å². The molecule has 2 N–H and O–H groups in total. The summed E-state index contributed by atoms with van der Waals surface area (Å²) in [6.45, 7) is 6.54. The number of hydrogen-bond acceptors (Lipinski definition) is 3. The van der Waals surface area contributed by atoms with Gasteiger partial charge in [0.05, 0.1) is 29.6 Å². The van der Waals surface area contributed by atoms with Gasteiger partial charge in [-0.15, -0.1) is 0 Å². The molecule has 0 saturated heterocycles. The Kier molecular flexibility index (Phi) is 4.02. The van der Waals surface area contributed by atoms with Crippen LogP contribution >= 0.6 is 0 Å². The molecule has 0 radical (unpaired) electrons. The molecule has 1 aromatic heterocycles. The van der Waals surface area contributed by atoms with Crippen LogP contribution in [0.25, 0.3) is 5.69 Å². The molecule has 0 fully saturated rings. The van der Waals surface area contributed by atoms with Gasteiger partial charge in [0.25, 0.3) is 0 Å². The average molecular weight is 259 g/mol. The van der Waals surface area contributed by atoms with E-state index < -0.39 is 0 Å². The zero-order chi connectivity index (χ0) is 13.9. The largest absolute Gasteiger partial charge is 0.374 e. The highest BCUT2D eigenvalue weighted by molar-refractivity contribution is 5.33. The number of rotatable bonds is 4. The van der Waals surface area contributed by atoms with Crippen LogP contribution in [0.3, 0.4) is 0 Å². The summed E-state index contributed by atoms with van der Waals surface area (Å²) in [5.41, 5.74) is 7.98. The lowest BCUT2D eigenvalue weighted by Gasteiger charge is -2.22. The van der Waals surface area contributed by atoms with Gasteiger partial charge in [0.2, 0.25) is 0 Å². The number of para-hydroxylation sites is 1. The number of benzene rings is 1. The van der Waals surface area contributed by atoms with Crippen molar-refractivity contribution in [2.24, 2.45) is 5.73 Å². The maximum atomic E-state index is 6.20. The Labute approximate surface area is 114 Å². The van der Waals surface area contributed by atoms with Gasteiger partial charge in [-0.3, -0.25) is 0 Å². The van der Waals surface area contributed by atoms with Crippen LogP contribution in [0.4, 0.5) is 0 Å². The third-order valence-corrected chi connectivity index (χ3v) is 2.75. The molecule has 1 atom stereocenters. The van der Waals surface area contributed by atoms with Crippen molar-refractivity contribution in [3.63, 3.8) is 0 Å². The minimum Gasteiger partial charge on any atom is -0.374 e. The van der Waals surface area contributed by atoms with Gasteiger partial charge in [-0.05, 0) is 39.0 Å². The van der Waals surface area contributed by atoms with Gasteiger partial charge in [0.15, 0.2) is 0 Å². The Morgan fingerprint density at radius 3 is 2.53 bits per heavy atom. The number of hydrogen-bond donors (Lipinski definition) is 1. The van der Waals surface area contributed by atoms with Crippen molar-refractivity contribution in [2.45, 2.75) is 32.4 Å². The molecule has 2 aromatic rings. The van der Waals surface area contributed by atoms with Gasteiger partial charge in [-0.2, -0.15) is 5.10 Å². The van der Waals surface area contributed by atoms with Crippen LogP contribution in [0.5, 0.6) is 0 Å². The molecule has 0 aliphatic rings. The molecular formula is C15H21N3O. The smallest absolute Gasteiger partial charge is 0.0709 e. The van der Waals surface area contributed by atoms with E-state index in [9.17, 15) is 0 Å². The fourth-order valence-corrected chi connectivity index (χ4v) is 1.80. The van der Waals surface area contributed by atoms with Crippen molar-refractivity contribution >= 4 is 0 Å². The summed E-state index contributed by atoms with van der Waals surface area (Å²) in [7, 11) is 0. The molecule has 0 aliphatic heterocycles. The lowest BCUT2D eigenvalue weighted by molar-refractivity contribution is -0.0108. The average Bonchev–Trinajstić information content (AvgIpc) is 2.85. The second-order valence-electron chi connectivity index (χ2n) is 5.53. The number of nitrogens with two attached hydrogens (primary N) is 1. The van der Waals surface area contributed by atoms with E-state index in [0.29, 0.717) is 6.61 Å². The molecule has 102 valence electrons. The highest BCUT2D eigenvalue weighted by Gasteiger charge is 2.17. The van der Waals surface area contributed by atoms with Gasteiger partial charge >= 0.3 is 0 Å². The first kappa shape index (κ1) is 13.8. The molecule has 0 aliphatic carbocycles. The van der Waals surface area contributed by atoms with Crippen LogP contribution in [0.1, 0.15) is 32.5 Å². The van der Waals surface area contributed by atoms with Crippen molar-refractivity contribution in [1.29, 1.82) is 0 Å². The van der Waals surface area contributed by atoms with E-state index in [-0.39, 0.29) is 11.6 Å². The van der Waals surface area contributed by atoms with Crippen LogP contribution in [0, 0.1) is 0 Å². The second kappa shape index (κ2) is 5.55. The lowest BCUT2D eigenvalue weighted by Crippen LogP contribution is -2.27. The van der Waals surface area contributed by atoms with Crippen LogP contribution < -0.4 is 5.73 Å². The first-order valence-corrected chi connectivity index (χ1v) is 6.46. The van der Waals surface area contributed by atoms with Gasteiger partial charge in [0.1, 0.15) is 0 Å². The molecule has 1 unspecified atom stereocenters. The summed E-state index contributed by atoms with van der Waals surface area (Å²) in [4.78, 5) is 0. The molecule has 0 amide bonds. The zero-order valence-corrected chi connectivity index (χ0v) is 11.7. The van der Waals surface area contributed by atoms with Crippen LogP contribution in [-0.4, -0.2) is 22.0 Å². The fraction of sp³-hybridized carbons (Fsp3) is 0.400. The van der Waals surface area contributed by atoms with Crippen LogP contribution in [0.15, 0.2) is 42.6 Å². The molecule has 1 heterocycles. The summed E-state index contributed by atoms with van der Waals surface area (Å²) < 4.78 is 7.60. The summed E-state index contributed by atoms with van der Waals surface area (Å²) >= 11 is 0. The lowest BCUT2D eigenvalue weighted by atomic mass is 10.1. The maximum Gasteiger partial charge on any atom is 0.0709 e. The Balaban J connectivity index is 2.16. The second-order valence-corrected chi connectivity index (χ2v) is 5.53. The van der Waals surface area contributed by atoms with E-state index in [1.165, 1.54) is 0 Å². The number of aromatic nitrogens is 2. The number of ether oxygens (including phenoxy) is 1. The van der Waals surface area contributed by atoms with Crippen molar-refractivity contribution in [1.82, 2.24) is 9.78 Å². The molecule has 1 aromatic carbocycles. The third kappa shape index (κ3) is 3.66. The normalized spacial score (nSPS) is 13.5. The molecular weight excluding hydrogens is 238 g/mol. The summed E-state index contributed by atoms with van der Waals surface area (Å²) in [5, 5.41) is 4.33. The minimum atomic E-state index is -0.193. The van der Waals surface area contributed by atoms with E-state index in [2.05, 4.69) is 5.10 Å². The first-order chi connectivity index (χ1) is 8.97.